The standard InChI is InChI=1S/C12H22FN/c1-11(2)9-4-5-12(3,8-9)10(11)14-7-6-13/h9-10,14H,4-8H2,1-3H3. The largest absolute Gasteiger partial charge is 0.310 e. The Kier molecular flexibility index (Phi) is 2.37. The maximum absolute atomic E-state index is 12.2. The molecule has 0 amide bonds. The first kappa shape index (κ1) is 10.4. The van der Waals surface area contributed by atoms with E-state index in [0.717, 1.165) is 5.92 Å². The third-order valence-corrected chi connectivity index (χ3v) is 4.71. The van der Waals surface area contributed by atoms with Gasteiger partial charge in [-0.3, -0.25) is 0 Å². The number of alkyl halides is 1. The zero-order valence-corrected chi connectivity index (χ0v) is 9.57. The average molecular weight is 199 g/mol. The Labute approximate surface area is 86.5 Å². The van der Waals surface area contributed by atoms with Gasteiger partial charge in [0.25, 0.3) is 0 Å². The Morgan fingerprint density at radius 2 is 2.07 bits per heavy atom. The van der Waals surface area contributed by atoms with Crippen molar-refractivity contribution in [2.75, 3.05) is 13.2 Å². The molecule has 2 heteroatoms. The Bertz CT molecular complexity index is 222. The summed E-state index contributed by atoms with van der Waals surface area (Å²) in [5.74, 6) is 0.851. The average Bonchev–Trinajstić information content (AvgIpc) is 2.55. The fourth-order valence-corrected chi connectivity index (χ4v) is 4.01. The van der Waals surface area contributed by atoms with E-state index in [9.17, 15) is 4.39 Å². The molecule has 2 saturated carbocycles. The van der Waals surface area contributed by atoms with Crippen LogP contribution in [0.25, 0.3) is 0 Å². The van der Waals surface area contributed by atoms with E-state index in [1.54, 1.807) is 0 Å². The summed E-state index contributed by atoms with van der Waals surface area (Å²) < 4.78 is 12.2. The molecule has 1 nitrogen and oxygen atoms in total. The summed E-state index contributed by atoms with van der Waals surface area (Å²) in [5.41, 5.74) is 0.797. The van der Waals surface area contributed by atoms with Crippen LogP contribution in [0.1, 0.15) is 40.0 Å². The molecule has 2 aliphatic carbocycles. The topological polar surface area (TPSA) is 12.0 Å². The third-order valence-electron chi connectivity index (χ3n) is 4.71. The Balaban J connectivity index is 2.13. The number of halogens is 1. The molecule has 0 aromatic rings. The van der Waals surface area contributed by atoms with E-state index in [4.69, 9.17) is 0 Å². The van der Waals surface area contributed by atoms with Crippen molar-refractivity contribution in [3.63, 3.8) is 0 Å². The number of fused-ring (bicyclic) bond motifs is 2. The maximum atomic E-state index is 12.2. The fourth-order valence-electron chi connectivity index (χ4n) is 4.01. The first-order valence-corrected chi connectivity index (χ1v) is 5.80. The van der Waals surface area contributed by atoms with Gasteiger partial charge in [-0.25, -0.2) is 4.39 Å². The van der Waals surface area contributed by atoms with Crippen molar-refractivity contribution in [2.45, 2.75) is 46.1 Å². The van der Waals surface area contributed by atoms with Crippen molar-refractivity contribution in [1.29, 1.82) is 0 Å². The number of hydrogen-bond acceptors (Lipinski definition) is 1. The molecule has 0 saturated heterocycles. The van der Waals surface area contributed by atoms with Crippen LogP contribution in [-0.2, 0) is 0 Å². The summed E-state index contributed by atoms with van der Waals surface area (Å²) in [6.45, 7) is 7.34. The van der Waals surface area contributed by atoms with E-state index in [-0.39, 0.29) is 6.67 Å². The zero-order valence-electron chi connectivity index (χ0n) is 9.57. The van der Waals surface area contributed by atoms with Crippen LogP contribution in [0.15, 0.2) is 0 Å². The molecule has 0 aliphatic heterocycles. The van der Waals surface area contributed by atoms with Crippen molar-refractivity contribution in [1.82, 2.24) is 5.32 Å². The number of hydrogen-bond donors (Lipinski definition) is 1. The lowest BCUT2D eigenvalue weighted by Gasteiger charge is -2.43. The van der Waals surface area contributed by atoms with Crippen LogP contribution >= 0.6 is 0 Å². The summed E-state index contributed by atoms with van der Waals surface area (Å²) in [6, 6.07) is 0.518. The van der Waals surface area contributed by atoms with Crippen molar-refractivity contribution < 1.29 is 4.39 Å². The second-order valence-corrected chi connectivity index (χ2v) is 5.99. The molecule has 1 N–H and O–H groups in total. The molecule has 14 heavy (non-hydrogen) atoms. The van der Waals surface area contributed by atoms with Gasteiger partial charge >= 0.3 is 0 Å². The van der Waals surface area contributed by atoms with Crippen LogP contribution in [0.3, 0.4) is 0 Å². The molecule has 0 aromatic carbocycles. The lowest BCUT2D eigenvalue weighted by atomic mass is 9.68. The molecule has 3 atom stereocenters. The molecular weight excluding hydrogens is 177 g/mol. The molecular formula is C12H22FN. The van der Waals surface area contributed by atoms with Crippen LogP contribution in [0.4, 0.5) is 4.39 Å². The summed E-state index contributed by atoms with van der Waals surface area (Å²) in [7, 11) is 0. The first-order valence-electron chi connectivity index (χ1n) is 5.80. The molecule has 0 heterocycles. The van der Waals surface area contributed by atoms with E-state index < -0.39 is 0 Å². The normalized spacial score (nSPS) is 44.6. The van der Waals surface area contributed by atoms with E-state index in [0.29, 0.717) is 23.4 Å². The van der Waals surface area contributed by atoms with Gasteiger partial charge in [0.15, 0.2) is 0 Å². The van der Waals surface area contributed by atoms with Crippen LogP contribution in [0.5, 0.6) is 0 Å². The molecule has 0 aromatic heterocycles. The molecule has 2 aliphatic rings. The van der Waals surface area contributed by atoms with E-state index in [1.807, 2.05) is 0 Å². The zero-order chi connectivity index (χ0) is 10.4. The number of rotatable bonds is 3. The Morgan fingerprint density at radius 1 is 1.36 bits per heavy atom. The maximum Gasteiger partial charge on any atom is 0.102 e. The van der Waals surface area contributed by atoms with Crippen LogP contribution in [-0.4, -0.2) is 19.3 Å². The molecule has 0 radical (unpaired) electrons. The van der Waals surface area contributed by atoms with Gasteiger partial charge in [-0.2, -0.15) is 0 Å². The lowest BCUT2D eigenvalue weighted by Crippen LogP contribution is -2.50. The van der Waals surface area contributed by atoms with Crippen LogP contribution in [0, 0.1) is 16.7 Å². The van der Waals surface area contributed by atoms with Crippen LogP contribution < -0.4 is 5.32 Å². The van der Waals surface area contributed by atoms with E-state index in [2.05, 4.69) is 26.1 Å². The van der Waals surface area contributed by atoms with Gasteiger partial charge in [-0.1, -0.05) is 20.8 Å². The SMILES string of the molecule is CC12CCC(C1)C(C)(C)C2NCCF. The van der Waals surface area contributed by atoms with Gasteiger partial charge in [0.1, 0.15) is 6.67 Å². The quantitative estimate of drug-likeness (QED) is 0.737. The molecule has 0 spiro atoms. The minimum Gasteiger partial charge on any atom is -0.310 e. The molecule has 2 bridgehead atoms. The highest BCUT2D eigenvalue weighted by atomic mass is 19.1. The third kappa shape index (κ3) is 1.30. The smallest absolute Gasteiger partial charge is 0.102 e. The van der Waals surface area contributed by atoms with Crippen LogP contribution in [0.2, 0.25) is 0 Å². The van der Waals surface area contributed by atoms with Crippen molar-refractivity contribution >= 4 is 0 Å². The highest BCUT2D eigenvalue weighted by molar-refractivity contribution is 5.11. The fraction of sp³-hybridized carbons (Fsp3) is 1.00. The Hall–Kier alpha value is -0.110. The molecule has 82 valence electrons. The highest BCUT2D eigenvalue weighted by Crippen LogP contribution is 2.62. The summed E-state index contributed by atoms with van der Waals surface area (Å²) in [5, 5.41) is 3.42. The molecule has 2 fully saturated rings. The van der Waals surface area contributed by atoms with Gasteiger partial charge in [-0.05, 0) is 36.0 Å². The molecule has 2 rings (SSSR count). The minimum absolute atomic E-state index is 0.243. The number of nitrogens with one attached hydrogen (secondary N) is 1. The molecule has 3 unspecified atom stereocenters. The summed E-state index contributed by atoms with van der Waals surface area (Å²) in [6.07, 6.45) is 4.03. The van der Waals surface area contributed by atoms with E-state index in [1.165, 1.54) is 19.3 Å². The highest BCUT2D eigenvalue weighted by Gasteiger charge is 2.58. The lowest BCUT2D eigenvalue weighted by molar-refractivity contribution is 0.108. The monoisotopic (exact) mass is 199 g/mol. The predicted octanol–water partition coefficient (Wildman–Crippen LogP) is 2.76. The predicted molar refractivity (Wildman–Crippen MR) is 57.0 cm³/mol. The van der Waals surface area contributed by atoms with Gasteiger partial charge in [-0.15, -0.1) is 0 Å². The minimum atomic E-state index is -0.243. The van der Waals surface area contributed by atoms with Gasteiger partial charge < -0.3 is 5.32 Å². The Morgan fingerprint density at radius 3 is 2.57 bits per heavy atom. The summed E-state index contributed by atoms with van der Waals surface area (Å²) >= 11 is 0. The van der Waals surface area contributed by atoms with E-state index >= 15 is 0 Å². The van der Waals surface area contributed by atoms with Crippen molar-refractivity contribution in [2.24, 2.45) is 16.7 Å². The van der Waals surface area contributed by atoms with Gasteiger partial charge in [0.2, 0.25) is 0 Å². The van der Waals surface area contributed by atoms with Crippen molar-refractivity contribution in [3.05, 3.63) is 0 Å². The summed E-state index contributed by atoms with van der Waals surface area (Å²) in [4.78, 5) is 0. The first-order chi connectivity index (χ1) is 6.50. The van der Waals surface area contributed by atoms with Gasteiger partial charge in [0.05, 0.1) is 0 Å². The van der Waals surface area contributed by atoms with Crippen molar-refractivity contribution in [3.8, 4) is 0 Å². The van der Waals surface area contributed by atoms with Gasteiger partial charge in [0, 0.05) is 12.6 Å². The second-order valence-electron chi connectivity index (χ2n) is 5.99. The second kappa shape index (κ2) is 3.19.